The highest BCUT2D eigenvalue weighted by Gasteiger charge is 2.32. The molecule has 4 rings (SSSR count). The van der Waals surface area contributed by atoms with Gasteiger partial charge in [-0.3, -0.25) is 14.6 Å². The van der Waals surface area contributed by atoms with Crippen molar-refractivity contribution in [2.75, 3.05) is 5.32 Å². The molecule has 1 saturated carbocycles. The third-order valence-electron chi connectivity index (χ3n) is 7.11. The molecular formula is C29H31ClN2O3. The van der Waals surface area contributed by atoms with Gasteiger partial charge in [0.1, 0.15) is 0 Å². The van der Waals surface area contributed by atoms with Gasteiger partial charge in [-0.05, 0) is 66.0 Å². The highest BCUT2D eigenvalue weighted by molar-refractivity contribution is 6.30. The number of aliphatic carboxylic acids is 1. The summed E-state index contributed by atoms with van der Waals surface area (Å²) in [6.07, 6.45) is 7.79. The van der Waals surface area contributed by atoms with Crippen LogP contribution >= 0.6 is 11.6 Å². The zero-order valence-corrected chi connectivity index (χ0v) is 20.9. The topological polar surface area (TPSA) is 79.3 Å². The van der Waals surface area contributed by atoms with E-state index in [1.54, 1.807) is 12.4 Å². The number of amides is 1. The number of carboxylic acid groups (broad SMARTS) is 1. The van der Waals surface area contributed by atoms with E-state index in [4.69, 9.17) is 11.6 Å². The molecule has 0 radical (unpaired) electrons. The van der Waals surface area contributed by atoms with E-state index in [1.807, 2.05) is 62.4 Å². The van der Waals surface area contributed by atoms with Crippen LogP contribution in [0.1, 0.15) is 67.6 Å². The molecule has 0 aliphatic heterocycles. The smallest absolute Gasteiger partial charge is 0.303 e. The summed E-state index contributed by atoms with van der Waals surface area (Å²) in [4.78, 5) is 29.1. The lowest BCUT2D eigenvalue weighted by Gasteiger charge is -2.25. The van der Waals surface area contributed by atoms with Crippen molar-refractivity contribution in [1.29, 1.82) is 0 Å². The highest BCUT2D eigenvalue weighted by Crippen LogP contribution is 2.39. The molecule has 0 bridgehead atoms. The molecule has 5 nitrogen and oxygen atoms in total. The van der Waals surface area contributed by atoms with E-state index in [2.05, 4.69) is 10.3 Å². The normalized spacial score (nSPS) is 15.5. The molecule has 1 aromatic heterocycles. The maximum atomic E-state index is 13.7. The van der Waals surface area contributed by atoms with E-state index >= 15 is 0 Å². The monoisotopic (exact) mass is 490 g/mol. The number of carboxylic acids is 1. The Morgan fingerprint density at radius 3 is 2.46 bits per heavy atom. The molecule has 182 valence electrons. The molecule has 2 N–H and O–H groups in total. The van der Waals surface area contributed by atoms with Crippen molar-refractivity contribution in [3.63, 3.8) is 0 Å². The summed E-state index contributed by atoms with van der Waals surface area (Å²) in [6.45, 7) is 3.85. The summed E-state index contributed by atoms with van der Waals surface area (Å²) in [5.74, 6) is -0.931. The number of rotatable bonds is 8. The number of pyridine rings is 1. The summed E-state index contributed by atoms with van der Waals surface area (Å²) in [6, 6.07) is 15.7. The van der Waals surface area contributed by atoms with Crippen LogP contribution in [0.4, 0.5) is 5.69 Å². The SMILES string of the molecule is Cc1c(NC(=O)[C@@H](c2ccc(-c3cncc(Cl)c3)cc2)C2CCCC2)cccc1[C@H](C)CC(=O)O. The minimum atomic E-state index is -0.829. The first kappa shape index (κ1) is 24.9. The molecule has 2 aromatic carbocycles. The van der Waals surface area contributed by atoms with Gasteiger partial charge in [0.15, 0.2) is 0 Å². The fourth-order valence-corrected chi connectivity index (χ4v) is 5.46. The minimum absolute atomic E-state index is 0.0137. The predicted octanol–water partition coefficient (Wildman–Crippen LogP) is 7.20. The van der Waals surface area contributed by atoms with Crippen molar-refractivity contribution < 1.29 is 14.7 Å². The van der Waals surface area contributed by atoms with Gasteiger partial charge in [-0.1, -0.05) is 67.8 Å². The summed E-state index contributed by atoms with van der Waals surface area (Å²) in [7, 11) is 0. The minimum Gasteiger partial charge on any atom is -0.481 e. The van der Waals surface area contributed by atoms with Gasteiger partial charge in [0.2, 0.25) is 5.91 Å². The Morgan fingerprint density at radius 1 is 1.09 bits per heavy atom. The summed E-state index contributed by atoms with van der Waals surface area (Å²) >= 11 is 6.10. The van der Waals surface area contributed by atoms with Gasteiger partial charge in [-0.15, -0.1) is 0 Å². The Hall–Kier alpha value is -3.18. The van der Waals surface area contributed by atoms with Crippen LogP contribution in [0.2, 0.25) is 5.02 Å². The molecule has 0 unspecified atom stereocenters. The number of nitrogens with zero attached hydrogens (tertiary/aromatic N) is 1. The molecule has 35 heavy (non-hydrogen) atoms. The Labute approximate surface area is 211 Å². The van der Waals surface area contributed by atoms with Gasteiger partial charge < -0.3 is 10.4 Å². The van der Waals surface area contributed by atoms with Crippen molar-refractivity contribution in [1.82, 2.24) is 4.98 Å². The lowest BCUT2D eigenvalue weighted by molar-refractivity contribution is -0.137. The molecule has 1 aliphatic rings. The third-order valence-corrected chi connectivity index (χ3v) is 7.31. The number of hydrogen-bond donors (Lipinski definition) is 2. The molecule has 0 saturated heterocycles. The molecule has 1 amide bonds. The van der Waals surface area contributed by atoms with Gasteiger partial charge in [0, 0.05) is 23.6 Å². The summed E-state index contributed by atoms with van der Waals surface area (Å²) in [5, 5.41) is 13.0. The number of halogens is 1. The lowest BCUT2D eigenvalue weighted by atomic mass is 9.83. The van der Waals surface area contributed by atoms with Crippen molar-refractivity contribution in [3.05, 3.63) is 82.6 Å². The molecule has 1 aliphatic carbocycles. The first-order chi connectivity index (χ1) is 16.8. The average Bonchev–Trinajstić information content (AvgIpc) is 3.35. The zero-order chi connectivity index (χ0) is 24.9. The van der Waals surface area contributed by atoms with Gasteiger partial charge in [0.25, 0.3) is 0 Å². The number of hydrogen-bond acceptors (Lipinski definition) is 3. The van der Waals surface area contributed by atoms with Crippen LogP contribution in [-0.2, 0) is 9.59 Å². The second-order valence-corrected chi connectivity index (χ2v) is 9.98. The maximum absolute atomic E-state index is 13.7. The number of benzene rings is 2. The van der Waals surface area contributed by atoms with E-state index < -0.39 is 5.97 Å². The quantitative estimate of drug-likeness (QED) is 0.350. The molecular weight excluding hydrogens is 460 g/mol. The molecule has 2 atom stereocenters. The van der Waals surface area contributed by atoms with E-state index in [0.717, 1.165) is 59.2 Å². The van der Waals surface area contributed by atoms with Gasteiger partial charge in [-0.2, -0.15) is 0 Å². The van der Waals surface area contributed by atoms with Crippen LogP contribution in [0, 0.1) is 12.8 Å². The van der Waals surface area contributed by atoms with Crippen LogP contribution < -0.4 is 5.32 Å². The molecule has 1 fully saturated rings. The Morgan fingerprint density at radius 2 is 1.80 bits per heavy atom. The highest BCUT2D eigenvalue weighted by atomic mass is 35.5. The second-order valence-electron chi connectivity index (χ2n) is 9.54. The number of aromatic nitrogens is 1. The second kappa shape index (κ2) is 11.0. The van der Waals surface area contributed by atoms with Crippen molar-refractivity contribution in [3.8, 4) is 11.1 Å². The van der Waals surface area contributed by atoms with Crippen LogP contribution in [-0.4, -0.2) is 22.0 Å². The van der Waals surface area contributed by atoms with Crippen LogP contribution in [0.25, 0.3) is 11.1 Å². The third kappa shape index (κ3) is 5.91. The van der Waals surface area contributed by atoms with E-state index in [9.17, 15) is 14.7 Å². The zero-order valence-electron chi connectivity index (χ0n) is 20.1. The van der Waals surface area contributed by atoms with Crippen LogP contribution in [0.15, 0.2) is 60.9 Å². The predicted molar refractivity (Wildman–Crippen MR) is 140 cm³/mol. The molecule has 1 heterocycles. The fourth-order valence-electron chi connectivity index (χ4n) is 5.29. The molecule has 0 spiro atoms. The Kier molecular flexibility index (Phi) is 7.86. The van der Waals surface area contributed by atoms with Crippen LogP contribution in [0.5, 0.6) is 0 Å². The summed E-state index contributed by atoms with van der Waals surface area (Å²) < 4.78 is 0. The van der Waals surface area contributed by atoms with E-state index in [0.29, 0.717) is 10.9 Å². The Balaban J connectivity index is 1.60. The lowest BCUT2D eigenvalue weighted by Crippen LogP contribution is -2.27. The van der Waals surface area contributed by atoms with E-state index in [-0.39, 0.29) is 24.2 Å². The standard InChI is InChI=1S/C29H31ClN2O3/c1-18(14-27(33)34)25-8-5-9-26(19(25)2)32-29(35)28(21-6-3-4-7-21)22-12-10-20(11-13-22)23-15-24(30)17-31-16-23/h5,8-13,15-18,21,28H,3-4,6-7,14H2,1-2H3,(H,32,35)(H,33,34)/t18-,28-/m1/s1. The average molecular weight is 491 g/mol. The van der Waals surface area contributed by atoms with Crippen LogP contribution in [0.3, 0.4) is 0 Å². The van der Waals surface area contributed by atoms with Crippen molar-refractivity contribution in [2.45, 2.75) is 57.8 Å². The van der Waals surface area contributed by atoms with E-state index in [1.165, 1.54) is 0 Å². The number of carbonyl (C=O) groups excluding carboxylic acids is 1. The first-order valence-corrected chi connectivity index (χ1v) is 12.5. The number of nitrogens with one attached hydrogen (secondary N) is 1. The Bertz CT molecular complexity index is 1200. The number of anilines is 1. The number of carbonyl (C=O) groups is 2. The van der Waals surface area contributed by atoms with Gasteiger partial charge in [-0.25, -0.2) is 0 Å². The molecule has 3 aromatic rings. The van der Waals surface area contributed by atoms with Crippen molar-refractivity contribution in [2.24, 2.45) is 5.92 Å². The van der Waals surface area contributed by atoms with Crippen molar-refractivity contribution >= 4 is 29.2 Å². The largest absolute Gasteiger partial charge is 0.481 e. The van der Waals surface area contributed by atoms with Gasteiger partial charge in [0.05, 0.1) is 17.4 Å². The molecule has 6 heteroatoms. The van der Waals surface area contributed by atoms with Gasteiger partial charge >= 0.3 is 5.97 Å². The summed E-state index contributed by atoms with van der Waals surface area (Å²) in [5.41, 5.74) is 5.56. The maximum Gasteiger partial charge on any atom is 0.303 e. The first-order valence-electron chi connectivity index (χ1n) is 12.2. The fraction of sp³-hybridized carbons (Fsp3) is 0.345.